The van der Waals surface area contributed by atoms with Crippen molar-refractivity contribution in [2.45, 2.75) is 0 Å². The van der Waals surface area contributed by atoms with Crippen molar-refractivity contribution in [1.82, 2.24) is 0 Å². The number of rotatable bonds is 0. The fourth-order valence-corrected chi connectivity index (χ4v) is 0. The molecule has 5 heavy (non-hydrogen) atoms. The summed E-state index contributed by atoms with van der Waals surface area (Å²) in [5, 5.41) is 0. The summed E-state index contributed by atoms with van der Waals surface area (Å²) >= 11 is -3.61. The molecule has 0 aromatic carbocycles. The van der Waals surface area contributed by atoms with Crippen molar-refractivity contribution in [3.63, 3.8) is 0 Å². The maximum atomic E-state index is 8.81. The summed E-state index contributed by atoms with van der Waals surface area (Å²) in [5.41, 5.74) is 0. The van der Waals surface area contributed by atoms with Crippen molar-refractivity contribution < 1.29 is 10.0 Å². The van der Waals surface area contributed by atoms with Crippen LogP contribution in [0.4, 0.5) is 0 Å². The van der Waals surface area contributed by atoms with Crippen molar-refractivity contribution in [1.29, 1.82) is 0 Å². The van der Waals surface area contributed by atoms with E-state index in [-0.39, 0.29) is 9.90 Å². The van der Waals surface area contributed by atoms with Crippen molar-refractivity contribution in [3.05, 3.63) is 0 Å². The zero-order valence-electron chi connectivity index (χ0n) is 2.42. The Morgan fingerprint density at radius 1 is 1.40 bits per heavy atom. The van der Waals surface area contributed by atoms with Gasteiger partial charge in [-0.05, 0) is 0 Å². The van der Waals surface area contributed by atoms with Gasteiger partial charge in [-0.1, -0.05) is 0 Å². The van der Waals surface area contributed by atoms with E-state index < -0.39 is 20.4 Å². The van der Waals surface area contributed by atoms with Crippen molar-refractivity contribution in [2.75, 3.05) is 0 Å². The maximum absolute atomic E-state index is 8.81. The molecule has 0 saturated heterocycles. The molecule has 0 spiro atoms. The van der Waals surface area contributed by atoms with Crippen LogP contribution in [0.3, 0.4) is 0 Å². The second-order valence-corrected chi connectivity index (χ2v) is 1.55. The second kappa shape index (κ2) is 4.94. The van der Waals surface area contributed by atoms with Crippen molar-refractivity contribution in [3.8, 4) is 0 Å². The average molecular weight is 212 g/mol. The molecule has 0 aromatic rings. The molecule has 0 rings (SSSR count). The van der Waals surface area contributed by atoms with E-state index >= 15 is 0 Å². The van der Waals surface area contributed by atoms with Gasteiger partial charge in [-0.25, -0.2) is 0 Å². The molecule has 0 bridgehead atoms. The normalized spacial score (nSPS) is 7.00. The van der Waals surface area contributed by atoms with Crippen LogP contribution < -0.4 is 0 Å². The smallest absolute Gasteiger partial charge is 0.153 e. The van der Waals surface area contributed by atoms with Gasteiger partial charge in [-0.3, -0.25) is 0 Å². The summed E-state index contributed by atoms with van der Waals surface area (Å²) in [6.45, 7) is 0. The Morgan fingerprint density at radius 3 is 1.40 bits per heavy atom. The van der Waals surface area contributed by atoms with E-state index in [1.165, 1.54) is 0 Å². The van der Waals surface area contributed by atoms with Crippen LogP contribution in [-0.4, -0.2) is 27.3 Å². The predicted octanol–water partition coefficient (Wildman–Crippen LogP) is -1.56. The molecule has 0 radical (unpaired) electrons. The van der Waals surface area contributed by atoms with Crippen molar-refractivity contribution >= 4 is 30.3 Å². The van der Waals surface area contributed by atoms with Crippen molar-refractivity contribution in [2.24, 2.45) is 0 Å². The SMILES string of the molecule is O=[Te](O)O.P. The number of hydrogen-bond donors (Lipinski definition) is 2. The van der Waals surface area contributed by atoms with E-state index in [1.807, 2.05) is 0 Å². The zero-order chi connectivity index (χ0) is 3.58. The molecule has 3 nitrogen and oxygen atoms in total. The third kappa shape index (κ3) is 48.3. The predicted molar refractivity (Wildman–Crippen MR) is 22.0 cm³/mol. The summed E-state index contributed by atoms with van der Waals surface area (Å²) in [6, 6.07) is 0. The quantitative estimate of drug-likeness (QED) is 0.377. The Hall–Kier alpha value is 0.940. The minimum absolute atomic E-state index is 0. The van der Waals surface area contributed by atoms with E-state index in [2.05, 4.69) is 0 Å². The van der Waals surface area contributed by atoms with Gasteiger partial charge in [0.05, 0.1) is 0 Å². The van der Waals surface area contributed by atoms with Gasteiger partial charge in [0.2, 0.25) is 0 Å². The van der Waals surface area contributed by atoms with E-state index in [4.69, 9.17) is 10.0 Å². The molecule has 0 fully saturated rings. The minimum Gasteiger partial charge on any atom is -0.153 e. The topological polar surface area (TPSA) is 57.5 Å². The second-order valence-electron chi connectivity index (χ2n) is 0.231. The van der Waals surface area contributed by atoms with Crippen LogP contribution in [0, 0.1) is 0 Å². The number of hydrogen-bond acceptors (Lipinski definition) is 1. The molecule has 0 aromatic heterocycles. The first kappa shape index (κ1) is 9.34. The molecule has 0 aliphatic carbocycles. The van der Waals surface area contributed by atoms with Gasteiger partial charge in [-0.15, -0.1) is 0 Å². The van der Waals surface area contributed by atoms with Gasteiger partial charge in [-0.2, -0.15) is 9.90 Å². The third-order valence-corrected chi connectivity index (χ3v) is 0. The molecule has 34 valence electrons. The Balaban J connectivity index is 0. The van der Waals surface area contributed by atoms with Gasteiger partial charge in [0, 0.05) is 0 Å². The van der Waals surface area contributed by atoms with Crippen LogP contribution in [0.5, 0.6) is 0 Å². The molecule has 0 aliphatic rings. The van der Waals surface area contributed by atoms with E-state index in [1.54, 1.807) is 0 Å². The van der Waals surface area contributed by atoms with Crippen LogP contribution in [0.1, 0.15) is 0 Å². The average Bonchev–Trinajstić information content (AvgIpc) is 0.811. The summed E-state index contributed by atoms with van der Waals surface area (Å²) in [5.74, 6) is 0. The molecule has 0 amide bonds. The fraction of sp³-hybridized carbons (Fsp3) is 0. The molecule has 5 heteroatoms. The Morgan fingerprint density at radius 2 is 1.40 bits per heavy atom. The van der Waals surface area contributed by atoms with Gasteiger partial charge in [0.1, 0.15) is 0 Å². The molecule has 2 N–H and O–H groups in total. The zero-order valence-corrected chi connectivity index (χ0v) is 6.16. The van der Waals surface area contributed by atoms with Crippen LogP contribution in [-0.2, 0) is 3.10 Å². The van der Waals surface area contributed by atoms with Gasteiger partial charge < -0.3 is 0 Å². The molecule has 0 aliphatic heterocycles. The monoisotopic (exact) mass is 214 g/mol. The van der Waals surface area contributed by atoms with Crippen LogP contribution in [0.15, 0.2) is 0 Å². The summed E-state index contributed by atoms with van der Waals surface area (Å²) in [4.78, 5) is 0. The van der Waals surface area contributed by atoms with E-state index in [9.17, 15) is 0 Å². The Labute approximate surface area is 40.7 Å². The minimum atomic E-state index is -3.61. The van der Waals surface area contributed by atoms with Gasteiger partial charge in [0.15, 0.2) is 0 Å². The molecular weight excluding hydrogens is 207 g/mol. The Bertz CT molecular complexity index is 29.9. The maximum Gasteiger partial charge on any atom is -0.153 e. The first-order valence-corrected chi connectivity index (χ1v) is 3.57. The van der Waals surface area contributed by atoms with Crippen LogP contribution in [0.2, 0.25) is 0 Å². The largest absolute Gasteiger partial charge is 0.153 e. The summed E-state index contributed by atoms with van der Waals surface area (Å²) in [6.07, 6.45) is 0. The van der Waals surface area contributed by atoms with Crippen LogP contribution >= 0.6 is 9.90 Å². The van der Waals surface area contributed by atoms with Gasteiger partial charge >= 0.3 is 30.4 Å². The molecule has 0 saturated carbocycles. The molecular formula is H5O3PTe. The fourth-order valence-electron chi connectivity index (χ4n) is 0. The molecule has 0 heterocycles. The first-order valence-electron chi connectivity index (χ1n) is 0.532. The van der Waals surface area contributed by atoms with E-state index in [0.29, 0.717) is 0 Å². The summed E-state index contributed by atoms with van der Waals surface area (Å²) < 4.78 is 23.3. The standard InChI is InChI=1S/H2O3Te.H3P/c1-4(2)3;/h(H2,1,2,3);1H3. The first-order chi connectivity index (χ1) is 1.73. The van der Waals surface area contributed by atoms with E-state index in [0.717, 1.165) is 0 Å². The van der Waals surface area contributed by atoms with Gasteiger partial charge in [0.25, 0.3) is 0 Å². The third-order valence-electron chi connectivity index (χ3n) is 0. The summed E-state index contributed by atoms with van der Waals surface area (Å²) in [7, 11) is 0. The molecule has 1 unspecified atom stereocenters. The Kier molecular flexibility index (Phi) is 9.22. The molecule has 1 atom stereocenters. The van der Waals surface area contributed by atoms with Crippen LogP contribution in [0.25, 0.3) is 0 Å².